The van der Waals surface area contributed by atoms with E-state index in [0.29, 0.717) is 6.04 Å². The molecule has 1 atom stereocenters. The van der Waals surface area contributed by atoms with Gasteiger partial charge in [-0.25, -0.2) is 0 Å². The van der Waals surface area contributed by atoms with Gasteiger partial charge in [0, 0.05) is 12.1 Å². The van der Waals surface area contributed by atoms with Crippen LogP contribution in [0.2, 0.25) is 0 Å². The SMILES string of the molecule is CCN(CCCCC(C)N)C1CCCCC1. The fourth-order valence-electron chi connectivity index (χ4n) is 2.83. The van der Waals surface area contributed by atoms with Crippen molar-refractivity contribution in [3.63, 3.8) is 0 Å². The van der Waals surface area contributed by atoms with Gasteiger partial charge in [-0.1, -0.05) is 32.6 Å². The molecule has 2 heteroatoms. The van der Waals surface area contributed by atoms with E-state index in [1.54, 1.807) is 0 Å². The van der Waals surface area contributed by atoms with Gasteiger partial charge >= 0.3 is 0 Å². The molecule has 0 bridgehead atoms. The molecule has 2 nitrogen and oxygen atoms in total. The molecule has 1 saturated carbocycles. The first kappa shape index (κ1) is 14.0. The summed E-state index contributed by atoms with van der Waals surface area (Å²) in [4.78, 5) is 2.69. The summed E-state index contributed by atoms with van der Waals surface area (Å²) in [5.74, 6) is 0. The molecular formula is C14H30N2. The summed E-state index contributed by atoms with van der Waals surface area (Å²) in [6.07, 6.45) is 11.0. The van der Waals surface area contributed by atoms with Crippen LogP contribution in [0.3, 0.4) is 0 Å². The minimum Gasteiger partial charge on any atom is -0.328 e. The van der Waals surface area contributed by atoms with E-state index in [4.69, 9.17) is 5.73 Å². The summed E-state index contributed by atoms with van der Waals surface area (Å²) in [6.45, 7) is 6.93. The molecule has 0 aromatic carbocycles. The highest BCUT2D eigenvalue weighted by molar-refractivity contribution is 4.75. The maximum Gasteiger partial charge on any atom is 0.00951 e. The van der Waals surface area contributed by atoms with Gasteiger partial charge < -0.3 is 10.6 Å². The van der Waals surface area contributed by atoms with Crippen molar-refractivity contribution >= 4 is 0 Å². The van der Waals surface area contributed by atoms with Gasteiger partial charge in [0.15, 0.2) is 0 Å². The molecule has 1 unspecified atom stereocenters. The molecule has 96 valence electrons. The minimum absolute atomic E-state index is 0.379. The second-order valence-electron chi connectivity index (χ2n) is 5.39. The predicted molar refractivity (Wildman–Crippen MR) is 71.6 cm³/mol. The summed E-state index contributed by atoms with van der Waals surface area (Å²) in [7, 11) is 0. The lowest BCUT2D eigenvalue weighted by Crippen LogP contribution is -2.37. The Morgan fingerprint density at radius 1 is 1.19 bits per heavy atom. The van der Waals surface area contributed by atoms with Gasteiger partial charge in [0.2, 0.25) is 0 Å². The largest absolute Gasteiger partial charge is 0.328 e. The molecule has 1 aliphatic carbocycles. The van der Waals surface area contributed by atoms with Crippen molar-refractivity contribution in [2.75, 3.05) is 13.1 Å². The molecule has 1 rings (SSSR count). The third-order valence-corrected chi connectivity index (χ3v) is 3.85. The zero-order valence-corrected chi connectivity index (χ0v) is 11.3. The normalized spacial score (nSPS) is 20.2. The highest BCUT2D eigenvalue weighted by atomic mass is 15.1. The van der Waals surface area contributed by atoms with Crippen molar-refractivity contribution < 1.29 is 0 Å². The van der Waals surface area contributed by atoms with Crippen molar-refractivity contribution in [1.82, 2.24) is 4.90 Å². The van der Waals surface area contributed by atoms with Crippen LogP contribution < -0.4 is 5.73 Å². The van der Waals surface area contributed by atoms with Crippen LogP contribution in [-0.4, -0.2) is 30.1 Å². The fourth-order valence-corrected chi connectivity index (χ4v) is 2.83. The third kappa shape index (κ3) is 5.31. The van der Waals surface area contributed by atoms with E-state index >= 15 is 0 Å². The van der Waals surface area contributed by atoms with Crippen molar-refractivity contribution in [2.45, 2.75) is 77.3 Å². The third-order valence-electron chi connectivity index (χ3n) is 3.85. The molecule has 0 aromatic rings. The Morgan fingerprint density at radius 3 is 2.44 bits per heavy atom. The monoisotopic (exact) mass is 226 g/mol. The van der Waals surface area contributed by atoms with E-state index in [1.807, 2.05) is 0 Å². The van der Waals surface area contributed by atoms with E-state index in [1.165, 1.54) is 64.5 Å². The van der Waals surface area contributed by atoms with Crippen LogP contribution in [0.15, 0.2) is 0 Å². The topological polar surface area (TPSA) is 29.3 Å². The number of nitrogens with zero attached hydrogens (tertiary/aromatic N) is 1. The van der Waals surface area contributed by atoms with Crippen LogP contribution in [0.1, 0.15) is 65.2 Å². The van der Waals surface area contributed by atoms with Crippen molar-refractivity contribution in [3.05, 3.63) is 0 Å². The van der Waals surface area contributed by atoms with Gasteiger partial charge in [-0.05, 0) is 45.7 Å². The first-order chi connectivity index (χ1) is 7.74. The fraction of sp³-hybridized carbons (Fsp3) is 1.00. The lowest BCUT2D eigenvalue weighted by molar-refractivity contribution is 0.160. The molecule has 0 saturated heterocycles. The van der Waals surface area contributed by atoms with E-state index in [-0.39, 0.29) is 0 Å². The van der Waals surface area contributed by atoms with Crippen LogP contribution in [0, 0.1) is 0 Å². The molecule has 0 radical (unpaired) electrons. The van der Waals surface area contributed by atoms with Gasteiger partial charge in [-0.15, -0.1) is 0 Å². The Kier molecular flexibility index (Phi) is 7.06. The molecular weight excluding hydrogens is 196 g/mol. The Bertz CT molecular complexity index is 162. The average Bonchev–Trinajstić information content (AvgIpc) is 2.30. The molecule has 1 aliphatic rings. The maximum absolute atomic E-state index is 5.77. The number of rotatable bonds is 7. The smallest absolute Gasteiger partial charge is 0.00951 e. The first-order valence-electron chi connectivity index (χ1n) is 7.23. The highest BCUT2D eigenvalue weighted by Crippen LogP contribution is 2.22. The van der Waals surface area contributed by atoms with Gasteiger partial charge in [0.1, 0.15) is 0 Å². The average molecular weight is 226 g/mol. The second kappa shape index (κ2) is 8.08. The molecule has 1 fully saturated rings. The van der Waals surface area contributed by atoms with E-state index in [9.17, 15) is 0 Å². The molecule has 0 heterocycles. The molecule has 0 aromatic heterocycles. The zero-order valence-electron chi connectivity index (χ0n) is 11.3. The van der Waals surface area contributed by atoms with E-state index in [2.05, 4.69) is 18.7 Å². The van der Waals surface area contributed by atoms with Gasteiger partial charge in [0.25, 0.3) is 0 Å². The zero-order chi connectivity index (χ0) is 11.8. The van der Waals surface area contributed by atoms with Crippen LogP contribution >= 0.6 is 0 Å². The summed E-state index contributed by atoms with van der Waals surface area (Å²) < 4.78 is 0. The molecule has 0 aliphatic heterocycles. The highest BCUT2D eigenvalue weighted by Gasteiger charge is 2.18. The summed E-state index contributed by atoms with van der Waals surface area (Å²) in [5, 5.41) is 0. The van der Waals surface area contributed by atoms with Crippen molar-refractivity contribution in [2.24, 2.45) is 5.73 Å². The summed E-state index contributed by atoms with van der Waals surface area (Å²) >= 11 is 0. The van der Waals surface area contributed by atoms with Gasteiger partial charge in [-0.2, -0.15) is 0 Å². The van der Waals surface area contributed by atoms with Crippen LogP contribution in [-0.2, 0) is 0 Å². The lowest BCUT2D eigenvalue weighted by Gasteiger charge is -2.33. The maximum atomic E-state index is 5.77. The lowest BCUT2D eigenvalue weighted by atomic mass is 9.94. The standard InChI is InChI=1S/C14H30N2/c1-3-16(12-8-7-9-13(2)15)14-10-5-4-6-11-14/h13-14H,3-12,15H2,1-2H3. The van der Waals surface area contributed by atoms with Gasteiger partial charge in [0.05, 0.1) is 0 Å². The number of hydrogen-bond donors (Lipinski definition) is 1. The Labute approximate surface area is 102 Å². The summed E-state index contributed by atoms with van der Waals surface area (Å²) in [6, 6.07) is 1.26. The van der Waals surface area contributed by atoms with Crippen molar-refractivity contribution in [1.29, 1.82) is 0 Å². The van der Waals surface area contributed by atoms with E-state index < -0.39 is 0 Å². The predicted octanol–water partition coefficient (Wildman–Crippen LogP) is 3.16. The van der Waals surface area contributed by atoms with Crippen molar-refractivity contribution in [3.8, 4) is 0 Å². The molecule has 0 spiro atoms. The molecule has 16 heavy (non-hydrogen) atoms. The number of hydrogen-bond acceptors (Lipinski definition) is 2. The van der Waals surface area contributed by atoms with Crippen LogP contribution in [0.25, 0.3) is 0 Å². The number of nitrogens with two attached hydrogens (primary N) is 1. The Balaban J connectivity index is 2.15. The van der Waals surface area contributed by atoms with Gasteiger partial charge in [-0.3, -0.25) is 0 Å². The van der Waals surface area contributed by atoms with Crippen LogP contribution in [0.4, 0.5) is 0 Å². The summed E-state index contributed by atoms with van der Waals surface area (Å²) in [5.41, 5.74) is 5.77. The Hall–Kier alpha value is -0.0800. The van der Waals surface area contributed by atoms with Crippen LogP contribution in [0.5, 0.6) is 0 Å². The number of unbranched alkanes of at least 4 members (excludes halogenated alkanes) is 1. The molecule has 0 amide bonds. The quantitative estimate of drug-likeness (QED) is 0.676. The first-order valence-corrected chi connectivity index (χ1v) is 7.23. The Morgan fingerprint density at radius 2 is 1.88 bits per heavy atom. The minimum atomic E-state index is 0.379. The van der Waals surface area contributed by atoms with E-state index in [0.717, 1.165) is 6.04 Å². The second-order valence-corrected chi connectivity index (χ2v) is 5.39. The molecule has 2 N–H and O–H groups in total.